The summed E-state index contributed by atoms with van der Waals surface area (Å²) in [4.78, 5) is 36.4. The van der Waals surface area contributed by atoms with Crippen LogP contribution in [0.1, 0.15) is 23.0 Å². The van der Waals surface area contributed by atoms with Gasteiger partial charge < -0.3 is 4.74 Å². The Bertz CT molecular complexity index is 1110. The van der Waals surface area contributed by atoms with Gasteiger partial charge in [0.25, 0.3) is 17.4 Å². The minimum absolute atomic E-state index is 0.0224. The zero-order valence-corrected chi connectivity index (χ0v) is 15.8. The van der Waals surface area contributed by atoms with Crippen molar-refractivity contribution in [2.24, 2.45) is 0 Å². The molecule has 2 aromatic carbocycles. The average Bonchev–Trinajstić information content (AvgIpc) is 2.69. The van der Waals surface area contributed by atoms with Crippen LogP contribution in [0.5, 0.6) is 5.75 Å². The van der Waals surface area contributed by atoms with Crippen LogP contribution in [0.15, 0.2) is 47.3 Å². The second-order valence-electron chi connectivity index (χ2n) is 6.08. The first-order valence-corrected chi connectivity index (χ1v) is 8.75. The van der Waals surface area contributed by atoms with E-state index in [0.29, 0.717) is 21.5 Å². The smallest absolute Gasteiger partial charge is 0.290 e. The van der Waals surface area contributed by atoms with Gasteiger partial charge in [0.2, 0.25) is 0 Å². The van der Waals surface area contributed by atoms with Gasteiger partial charge in [0.1, 0.15) is 5.75 Å². The summed E-state index contributed by atoms with van der Waals surface area (Å²) in [6.07, 6.45) is -0.917. The van der Waals surface area contributed by atoms with E-state index < -0.39 is 23.5 Å². The molecule has 1 unspecified atom stereocenters. The number of hydrogen-bond donors (Lipinski definition) is 3. The minimum atomic E-state index is -0.917. The predicted octanol–water partition coefficient (Wildman–Crippen LogP) is 2.11. The second kappa shape index (κ2) is 8.10. The molecular weight excluding hydrogens is 384 g/mol. The van der Waals surface area contributed by atoms with E-state index in [0.717, 1.165) is 5.56 Å². The predicted molar refractivity (Wildman–Crippen MR) is 104 cm³/mol. The molecule has 144 valence electrons. The van der Waals surface area contributed by atoms with E-state index in [-0.39, 0.29) is 5.69 Å². The molecule has 3 N–H and O–H groups in total. The molecule has 0 saturated carbocycles. The van der Waals surface area contributed by atoms with Crippen molar-refractivity contribution < 1.29 is 14.3 Å². The van der Waals surface area contributed by atoms with E-state index in [1.807, 2.05) is 13.0 Å². The fraction of sp³-hybridized carbons (Fsp3) is 0.158. The average molecular weight is 401 g/mol. The van der Waals surface area contributed by atoms with Gasteiger partial charge in [0.05, 0.1) is 10.4 Å². The normalized spacial score (nSPS) is 11.7. The van der Waals surface area contributed by atoms with Crippen molar-refractivity contribution >= 4 is 34.2 Å². The number of halogens is 1. The number of aromatic nitrogens is 2. The van der Waals surface area contributed by atoms with Crippen molar-refractivity contribution in [3.05, 3.63) is 69.1 Å². The summed E-state index contributed by atoms with van der Waals surface area (Å²) in [5.74, 6) is -0.898. The van der Waals surface area contributed by atoms with Crippen LogP contribution in [0.3, 0.4) is 0 Å². The van der Waals surface area contributed by atoms with Crippen LogP contribution >= 0.6 is 11.6 Å². The monoisotopic (exact) mass is 400 g/mol. The maximum Gasteiger partial charge on any atom is 0.290 e. The number of rotatable bonds is 4. The van der Waals surface area contributed by atoms with E-state index in [1.165, 1.54) is 6.92 Å². The molecule has 0 radical (unpaired) electrons. The van der Waals surface area contributed by atoms with Crippen LogP contribution in [-0.4, -0.2) is 28.1 Å². The largest absolute Gasteiger partial charge is 0.479 e. The van der Waals surface area contributed by atoms with E-state index in [4.69, 9.17) is 16.3 Å². The number of carbonyl (C=O) groups excluding carboxylic acids is 2. The number of amides is 2. The fourth-order valence-corrected chi connectivity index (χ4v) is 2.67. The number of hydrazine groups is 1. The SMILES string of the molecule is Cc1ccc(Cl)c(OC(C)C(=O)NNC(=O)c2n[nH]c(=O)c3ccccc23)c1. The number of nitrogens with zero attached hydrogens (tertiary/aromatic N) is 1. The Morgan fingerprint density at radius 3 is 2.61 bits per heavy atom. The van der Waals surface area contributed by atoms with Crippen molar-refractivity contribution in [1.82, 2.24) is 21.0 Å². The first-order chi connectivity index (χ1) is 13.4. The van der Waals surface area contributed by atoms with E-state index in [2.05, 4.69) is 21.0 Å². The van der Waals surface area contributed by atoms with Gasteiger partial charge in [-0.3, -0.25) is 25.2 Å². The van der Waals surface area contributed by atoms with Crippen molar-refractivity contribution in [3.63, 3.8) is 0 Å². The highest BCUT2D eigenvalue weighted by atomic mass is 35.5. The number of ether oxygens (including phenoxy) is 1. The number of carbonyl (C=O) groups is 2. The molecule has 9 heteroatoms. The Morgan fingerprint density at radius 1 is 1.14 bits per heavy atom. The Morgan fingerprint density at radius 2 is 1.86 bits per heavy atom. The summed E-state index contributed by atoms with van der Waals surface area (Å²) in [7, 11) is 0. The number of fused-ring (bicyclic) bond motifs is 1. The number of nitrogens with one attached hydrogen (secondary N) is 3. The molecule has 3 rings (SSSR count). The van der Waals surface area contributed by atoms with Gasteiger partial charge in [0, 0.05) is 5.39 Å². The first-order valence-electron chi connectivity index (χ1n) is 8.37. The maximum absolute atomic E-state index is 12.4. The molecule has 0 spiro atoms. The van der Waals surface area contributed by atoms with E-state index >= 15 is 0 Å². The third-order valence-corrected chi connectivity index (χ3v) is 4.28. The third-order valence-electron chi connectivity index (χ3n) is 3.97. The Balaban J connectivity index is 1.68. The van der Waals surface area contributed by atoms with Gasteiger partial charge >= 0.3 is 0 Å². The van der Waals surface area contributed by atoms with Crippen LogP contribution in [0.25, 0.3) is 10.8 Å². The quantitative estimate of drug-likeness (QED) is 0.580. The van der Waals surface area contributed by atoms with Gasteiger partial charge in [-0.1, -0.05) is 35.9 Å². The number of benzene rings is 2. The molecule has 1 aromatic heterocycles. The number of H-pyrrole nitrogens is 1. The summed E-state index contributed by atoms with van der Waals surface area (Å²) in [6.45, 7) is 3.39. The number of aryl methyl sites for hydroxylation is 1. The highest BCUT2D eigenvalue weighted by Crippen LogP contribution is 2.26. The van der Waals surface area contributed by atoms with Crippen LogP contribution in [-0.2, 0) is 4.79 Å². The Kier molecular flexibility index (Phi) is 5.60. The summed E-state index contributed by atoms with van der Waals surface area (Å²) in [6, 6.07) is 11.7. The van der Waals surface area contributed by atoms with Gasteiger partial charge in [0.15, 0.2) is 11.8 Å². The van der Waals surface area contributed by atoms with Crippen molar-refractivity contribution in [1.29, 1.82) is 0 Å². The molecule has 3 aromatic rings. The van der Waals surface area contributed by atoms with E-state index in [9.17, 15) is 14.4 Å². The molecule has 28 heavy (non-hydrogen) atoms. The molecule has 1 heterocycles. The van der Waals surface area contributed by atoms with Gasteiger partial charge in [-0.15, -0.1) is 0 Å². The fourth-order valence-electron chi connectivity index (χ4n) is 2.51. The highest BCUT2D eigenvalue weighted by Gasteiger charge is 2.19. The van der Waals surface area contributed by atoms with Gasteiger partial charge in [-0.25, -0.2) is 5.10 Å². The van der Waals surface area contributed by atoms with E-state index in [1.54, 1.807) is 36.4 Å². The van der Waals surface area contributed by atoms with Crippen LogP contribution in [0, 0.1) is 6.92 Å². The highest BCUT2D eigenvalue weighted by molar-refractivity contribution is 6.32. The minimum Gasteiger partial charge on any atom is -0.479 e. The maximum atomic E-state index is 12.4. The van der Waals surface area contributed by atoms with Crippen molar-refractivity contribution in [2.45, 2.75) is 20.0 Å². The second-order valence-corrected chi connectivity index (χ2v) is 6.49. The van der Waals surface area contributed by atoms with Crippen LogP contribution in [0.4, 0.5) is 0 Å². The van der Waals surface area contributed by atoms with Gasteiger partial charge in [-0.2, -0.15) is 5.10 Å². The first kappa shape index (κ1) is 19.4. The zero-order chi connectivity index (χ0) is 20.3. The van der Waals surface area contributed by atoms with Crippen molar-refractivity contribution in [3.8, 4) is 5.75 Å². The number of hydrogen-bond acceptors (Lipinski definition) is 5. The Hall–Kier alpha value is -3.39. The molecular formula is C19H17ClN4O4. The summed E-state index contributed by atoms with van der Waals surface area (Å²) < 4.78 is 5.55. The molecule has 0 aliphatic heterocycles. The number of aromatic amines is 1. The molecule has 0 aliphatic rings. The lowest BCUT2D eigenvalue weighted by molar-refractivity contribution is -0.128. The molecule has 0 fully saturated rings. The molecule has 8 nitrogen and oxygen atoms in total. The molecule has 0 bridgehead atoms. The topological polar surface area (TPSA) is 113 Å². The lowest BCUT2D eigenvalue weighted by Gasteiger charge is -2.16. The van der Waals surface area contributed by atoms with Crippen molar-refractivity contribution in [2.75, 3.05) is 0 Å². The third kappa shape index (κ3) is 4.12. The standard InChI is InChI=1S/C19H17ClN4O4/c1-10-7-8-14(20)15(9-10)28-11(2)17(25)22-24-19(27)16-12-5-3-4-6-13(12)18(26)23-21-16/h3-9,11H,1-2H3,(H,22,25)(H,23,26)(H,24,27). The van der Waals surface area contributed by atoms with Crippen LogP contribution in [0.2, 0.25) is 5.02 Å². The summed E-state index contributed by atoms with van der Waals surface area (Å²) in [5, 5.41) is 7.09. The molecule has 2 amide bonds. The van der Waals surface area contributed by atoms with Crippen LogP contribution < -0.4 is 21.1 Å². The Labute approximate surface area is 164 Å². The van der Waals surface area contributed by atoms with Gasteiger partial charge in [-0.05, 0) is 37.6 Å². The molecule has 1 atom stereocenters. The summed E-state index contributed by atoms with van der Waals surface area (Å²) >= 11 is 6.06. The lowest BCUT2D eigenvalue weighted by atomic mass is 10.1. The summed E-state index contributed by atoms with van der Waals surface area (Å²) in [5.41, 5.74) is 5.04. The molecule has 0 saturated heterocycles. The lowest BCUT2D eigenvalue weighted by Crippen LogP contribution is -2.47. The zero-order valence-electron chi connectivity index (χ0n) is 15.1. The molecule has 0 aliphatic carbocycles.